The van der Waals surface area contributed by atoms with E-state index in [0.717, 1.165) is 5.56 Å². The topological polar surface area (TPSA) is 80.3 Å². The van der Waals surface area contributed by atoms with E-state index in [1.165, 1.54) is 24.1 Å². The predicted molar refractivity (Wildman–Crippen MR) is 102 cm³/mol. The van der Waals surface area contributed by atoms with Crippen LogP contribution >= 0.6 is 0 Å². The van der Waals surface area contributed by atoms with Gasteiger partial charge >= 0.3 is 5.97 Å². The van der Waals surface area contributed by atoms with Crippen molar-refractivity contribution in [1.29, 1.82) is 0 Å². The van der Waals surface area contributed by atoms with Gasteiger partial charge in [0.2, 0.25) is 17.4 Å². The van der Waals surface area contributed by atoms with E-state index >= 15 is 0 Å². The fraction of sp³-hybridized carbons (Fsp3) is 0.318. The minimum Gasteiger partial charge on any atom is -0.464 e. The number of methoxy groups -OCH3 is 1. The summed E-state index contributed by atoms with van der Waals surface area (Å²) in [5.41, 5.74) is 0.904. The van der Waals surface area contributed by atoms with Crippen LogP contribution in [0, 0.1) is 24.6 Å². The molecule has 2 fully saturated rings. The monoisotopic (exact) mass is 397 g/mol. The zero-order valence-corrected chi connectivity index (χ0v) is 16.4. The molecule has 0 radical (unpaired) electrons. The highest BCUT2D eigenvalue weighted by Gasteiger charge is 2.70. The number of nitrogens with zero attached hydrogens (tertiary/aromatic N) is 1. The molecule has 0 aromatic heterocycles. The first kappa shape index (κ1) is 19.3. The van der Waals surface area contributed by atoms with Gasteiger partial charge in [0.05, 0.1) is 12.8 Å². The summed E-state index contributed by atoms with van der Waals surface area (Å²) < 4.78 is 18.4. The molecule has 7 heteroatoms. The number of amides is 2. The highest BCUT2D eigenvalue weighted by atomic mass is 19.1. The number of imide groups is 1. The number of quaternary nitrogens is 1. The number of benzene rings is 2. The first-order valence-corrected chi connectivity index (χ1v) is 9.42. The van der Waals surface area contributed by atoms with Crippen LogP contribution in [-0.2, 0) is 19.1 Å². The van der Waals surface area contributed by atoms with Crippen molar-refractivity contribution in [3.05, 3.63) is 65.5 Å². The molecule has 29 heavy (non-hydrogen) atoms. The van der Waals surface area contributed by atoms with Crippen molar-refractivity contribution >= 4 is 23.5 Å². The largest absolute Gasteiger partial charge is 0.464 e. The molecule has 2 N–H and O–H groups in total. The smallest absolute Gasteiger partial charge is 0.368 e. The summed E-state index contributed by atoms with van der Waals surface area (Å²) in [6.45, 7) is 3.55. The SMILES string of the molecule is COC(=O)[C@]1(C)[NH2+][C@H](c2ccc(F)cc2)[C@@H]2C(=O)N(c3ccc(C)cc3)C(=O)[C@H]21. The maximum absolute atomic E-state index is 13.4. The number of carbonyl (C=O) groups is 3. The van der Waals surface area contributed by atoms with Crippen molar-refractivity contribution in [2.75, 3.05) is 12.0 Å². The van der Waals surface area contributed by atoms with Gasteiger partial charge in [0, 0.05) is 12.5 Å². The van der Waals surface area contributed by atoms with Crippen LogP contribution in [0.2, 0.25) is 0 Å². The summed E-state index contributed by atoms with van der Waals surface area (Å²) in [7, 11) is 1.26. The number of rotatable bonds is 3. The molecule has 0 unspecified atom stereocenters. The second-order valence-electron chi connectivity index (χ2n) is 7.87. The molecule has 0 saturated carbocycles. The summed E-state index contributed by atoms with van der Waals surface area (Å²) in [4.78, 5) is 40.6. The Morgan fingerprint density at radius 1 is 1.07 bits per heavy atom. The second kappa shape index (κ2) is 6.77. The lowest BCUT2D eigenvalue weighted by molar-refractivity contribution is -0.730. The third-order valence-electron chi connectivity index (χ3n) is 6.08. The maximum Gasteiger partial charge on any atom is 0.368 e. The molecule has 4 atom stereocenters. The van der Waals surface area contributed by atoms with Gasteiger partial charge in [-0.2, -0.15) is 0 Å². The molecule has 0 bridgehead atoms. The van der Waals surface area contributed by atoms with Crippen molar-refractivity contribution in [3.63, 3.8) is 0 Å². The van der Waals surface area contributed by atoms with E-state index in [4.69, 9.17) is 4.74 Å². The molecule has 2 heterocycles. The second-order valence-corrected chi connectivity index (χ2v) is 7.87. The minimum atomic E-state index is -1.26. The van der Waals surface area contributed by atoms with Gasteiger partial charge in [-0.05, 0) is 31.2 Å². The quantitative estimate of drug-likeness (QED) is 0.629. The first-order chi connectivity index (χ1) is 13.8. The molecule has 150 valence electrons. The number of ether oxygens (including phenoxy) is 1. The van der Waals surface area contributed by atoms with Crippen molar-refractivity contribution in [2.24, 2.45) is 11.8 Å². The summed E-state index contributed by atoms with van der Waals surface area (Å²) in [6, 6.07) is 12.4. The third kappa shape index (κ3) is 2.84. The highest BCUT2D eigenvalue weighted by molar-refractivity contribution is 6.23. The Morgan fingerprint density at radius 3 is 2.28 bits per heavy atom. The minimum absolute atomic E-state index is 0.359. The molecule has 2 saturated heterocycles. The van der Waals surface area contributed by atoms with Gasteiger partial charge in [-0.15, -0.1) is 0 Å². The lowest BCUT2D eigenvalue weighted by Gasteiger charge is -2.25. The fourth-order valence-electron chi connectivity index (χ4n) is 4.62. The van der Waals surface area contributed by atoms with Gasteiger partial charge in [-0.3, -0.25) is 9.59 Å². The van der Waals surface area contributed by atoms with Gasteiger partial charge in [0.1, 0.15) is 23.7 Å². The van der Waals surface area contributed by atoms with Crippen LogP contribution in [0.15, 0.2) is 48.5 Å². The molecule has 2 amide bonds. The Kier molecular flexibility index (Phi) is 4.50. The number of carbonyl (C=O) groups excluding carboxylic acids is 3. The van der Waals surface area contributed by atoms with Crippen molar-refractivity contribution in [1.82, 2.24) is 0 Å². The van der Waals surface area contributed by atoms with Crippen LogP contribution in [0.3, 0.4) is 0 Å². The van der Waals surface area contributed by atoms with Crippen molar-refractivity contribution in [3.8, 4) is 0 Å². The van der Waals surface area contributed by atoms with E-state index in [-0.39, 0.29) is 5.91 Å². The Labute approximate surface area is 167 Å². The molecule has 0 aliphatic carbocycles. The third-order valence-corrected chi connectivity index (χ3v) is 6.08. The van der Waals surface area contributed by atoms with Crippen LogP contribution in [0.5, 0.6) is 0 Å². The van der Waals surface area contributed by atoms with Gasteiger partial charge in [-0.1, -0.05) is 29.8 Å². The predicted octanol–water partition coefficient (Wildman–Crippen LogP) is 1.49. The molecule has 6 nitrogen and oxygen atoms in total. The van der Waals surface area contributed by atoms with Crippen LogP contribution in [0.25, 0.3) is 0 Å². The summed E-state index contributed by atoms with van der Waals surface area (Å²) in [5.74, 6) is -3.37. The number of anilines is 1. The number of aryl methyl sites for hydroxylation is 1. The zero-order valence-electron chi connectivity index (χ0n) is 16.4. The highest BCUT2D eigenvalue weighted by Crippen LogP contribution is 2.45. The fourth-order valence-corrected chi connectivity index (χ4v) is 4.62. The Balaban J connectivity index is 1.81. The van der Waals surface area contributed by atoms with E-state index in [0.29, 0.717) is 11.3 Å². The molecule has 2 aliphatic heterocycles. The molecule has 2 aromatic carbocycles. The van der Waals surface area contributed by atoms with Crippen LogP contribution < -0.4 is 10.2 Å². The number of esters is 1. The van der Waals surface area contributed by atoms with E-state index in [1.54, 1.807) is 36.5 Å². The molecule has 2 aromatic rings. The average Bonchev–Trinajstić information content (AvgIpc) is 3.17. The van der Waals surface area contributed by atoms with E-state index in [1.807, 2.05) is 19.1 Å². The summed E-state index contributed by atoms with van der Waals surface area (Å²) in [6.07, 6.45) is 0. The van der Waals surface area contributed by atoms with Gasteiger partial charge in [-0.25, -0.2) is 14.1 Å². The Morgan fingerprint density at radius 2 is 1.69 bits per heavy atom. The number of nitrogens with two attached hydrogens (primary N) is 1. The van der Waals surface area contributed by atoms with Gasteiger partial charge in [0.25, 0.3) is 0 Å². The lowest BCUT2D eigenvalue weighted by atomic mass is 9.80. The van der Waals surface area contributed by atoms with E-state index in [9.17, 15) is 18.8 Å². The van der Waals surface area contributed by atoms with Gasteiger partial charge in [0.15, 0.2) is 0 Å². The normalized spacial score (nSPS) is 28.6. The number of hydrogen-bond acceptors (Lipinski definition) is 4. The Bertz CT molecular complexity index is 989. The number of fused-ring (bicyclic) bond motifs is 1. The van der Waals surface area contributed by atoms with Crippen LogP contribution in [-0.4, -0.2) is 30.4 Å². The number of hydrogen-bond donors (Lipinski definition) is 1. The van der Waals surface area contributed by atoms with Crippen molar-refractivity contribution in [2.45, 2.75) is 25.4 Å². The summed E-state index contributed by atoms with van der Waals surface area (Å²) >= 11 is 0. The molecule has 4 rings (SSSR count). The summed E-state index contributed by atoms with van der Waals surface area (Å²) in [5, 5.41) is 1.71. The molecular formula is C22H22FN2O4+. The lowest BCUT2D eigenvalue weighted by Crippen LogP contribution is -2.97. The molecule has 2 aliphatic rings. The standard InChI is InChI=1S/C22H21FN2O4/c1-12-4-10-15(11-5-12)25-19(26)16-17(20(25)27)22(2,21(28)29-3)24-18(16)13-6-8-14(23)9-7-13/h4-11,16-18,24H,1-3H3/p+1/t16-,17+,18-,22-/m1/s1. The van der Waals surface area contributed by atoms with E-state index < -0.39 is 41.1 Å². The van der Waals surface area contributed by atoms with Gasteiger partial charge < -0.3 is 10.1 Å². The first-order valence-electron chi connectivity index (χ1n) is 9.42. The molecular weight excluding hydrogens is 375 g/mol. The van der Waals surface area contributed by atoms with Crippen LogP contribution in [0.4, 0.5) is 10.1 Å². The average molecular weight is 397 g/mol. The van der Waals surface area contributed by atoms with E-state index in [2.05, 4.69) is 0 Å². The zero-order chi connectivity index (χ0) is 20.9. The number of halogens is 1. The Hall–Kier alpha value is -3.06. The van der Waals surface area contributed by atoms with Crippen molar-refractivity contribution < 1.29 is 28.8 Å². The van der Waals surface area contributed by atoms with Crippen LogP contribution in [0.1, 0.15) is 24.1 Å². The maximum atomic E-state index is 13.4. The molecule has 0 spiro atoms.